The molecule has 6 heteroatoms. The van der Waals surface area contributed by atoms with Gasteiger partial charge in [0.15, 0.2) is 5.82 Å². The van der Waals surface area contributed by atoms with Crippen molar-refractivity contribution >= 4 is 11.3 Å². The Morgan fingerprint density at radius 2 is 2.04 bits per heavy atom. The second-order valence-corrected chi connectivity index (χ2v) is 6.86. The number of nitrogens with zero attached hydrogens (tertiary/aromatic N) is 2. The van der Waals surface area contributed by atoms with Crippen LogP contribution in [0.2, 0.25) is 0 Å². The first-order valence-electron chi connectivity index (χ1n) is 7.56. The molecule has 0 bridgehead atoms. The first kappa shape index (κ1) is 14.4. The molecule has 2 aromatic heterocycles. The minimum atomic E-state index is -0.422. The molecular formula is C17H17N3O2S. The van der Waals surface area contributed by atoms with E-state index in [0.29, 0.717) is 11.7 Å². The van der Waals surface area contributed by atoms with Crippen LogP contribution in [-0.4, -0.2) is 17.3 Å². The van der Waals surface area contributed by atoms with E-state index in [1.54, 1.807) is 18.4 Å². The molecule has 4 rings (SSSR count). The summed E-state index contributed by atoms with van der Waals surface area (Å²) in [6, 6.07) is 12.2. The normalized spacial score (nSPS) is 16.1. The highest BCUT2D eigenvalue weighted by molar-refractivity contribution is 7.19. The van der Waals surface area contributed by atoms with Gasteiger partial charge >= 0.3 is 0 Å². The molecule has 0 unspecified atom stereocenters. The summed E-state index contributed by atoms with van der Waals surface area (Å²) in [7, 11) is 1.65. The van der Waals surface area contributed by atoms with Crippen molar-refractivity contribution in [2.24, 2.45) is 5.73 Å². The van der Waals surface area contributed by atoms with Gasteiger partial charge in [0.05, 0.1) is 12.6 Å². The molecule has 0 spiro atoms. The Bertz CT molecular complexity index is 821. The Balaban J connectivity index is 1.73. The molecule has 0 amide bonds. The highest BCUT2D eigenvalue weighted by atomic mass is 32.1. The van der Waals surface area contributed by atoms with Gasteiger partial charge in [0.2, 0.25) is 0 Å². The fourth-order valence-corrected chi connectivity index (χ4v) is 3.77. The van der Waals surface area contributed by atoms with Crippen LogP contribution in [0, 0.1) is 0 Å². The van der Waals surface area contributed by atoms with Gasteiger partial charge in [0.25, 0.3) is 5.89 Å². The van der Waals surface area contributed by atoms with Crippen LogP contribution in [0.5, 0.6) is 5.75 Å². The van der Waals surface area contributed by atoms with Crippen LogP contribution in [-0.2, 0) is 5.54 Å². The first-order chi connectivity index (χ1) is 11.2. The molecular weight excluding hydrogens is 310 g/mol. The summed E-state index contributed by atoms with van der Waals surface area (Å²) < 4.78 is 10.9. The van der Waals surface area contributed by atoms with Gasteiger partial charge in [-0.05, 0) is 30.9 Å². The van der Waals surface area contributed by atoms with Crippen LogP contribution in [0.1, 0.15) is 25.1 Å². The molecule has 1 fully saturated rings. The maximum atomic E-state index is 6.27. The third-order valence-electron chi connectivity index (χ3n) is 4.29. The fraction of sp³-hybridized carbons (Fsp3) is 0.294. The SMILES string of the molecule is COc1cc(-c2ccccc2)sc1-c1nc(C2(N)CCC2)no1. The van der Waals surface area contributed by atoms with E-state index in [9.17, 15) is 0 Å². The van der Waals surface area contributed by atoms with E-state index >= 15 is 0 Å². The molecule has 118 valence electrons. The van der Waals surface area contributed by atoms with Crippen molar-refractivity contribution in [1.82, 2.24) is 10.1 Å². The van der Waals surface area contributed by atoms with E-state index in [4.69, 9.17) is 15.0 Å². The van der Waals surface area contributed by atoms with Gasteiger partial charge in [0.1, 0.15) is 10.6 Å². The number of rotatable bonds is 4. The van der Waals surface area contributed by atoms with Gasteiger partial charge in [0, 0.05) is 4.88 Å². The van der Waals surface area contributed by atoms with Gasteiger partial charge in [-0.2, -0.15) is 4.98 Å². The number of benzene rings is 1. The Kier molecular flexibility index (Phi) is 3.43. The van der Waals surface area contributed by atoms with Crippen molar-refractivity contribution in [3.63, 3.8) is 0 Å². The van der Waals surface area contributed by atoms with Crippen LogP contribution >= 0.6 is 11.3 Å². The maximum Gasteiger partial charge on any atom is 0.271 e. The van der Waals surface area contributed by atoms with Gasteiger partial charge in [-0.15, -0.1) is 11.3 Å². The van der Waals surface area contributed by atoms with Crippen molar-refractivity contribution in [3.05, 3.63) is 42.2 Å². The third kappa shape index (κ3) is 2.44. The predicted octanol–water partition coefficient (Wildman–Crippen LogP) is 3.81. The standard InChI is InChI=1S/C17H17N3O2S/c1-21-12-10-13(11-6-3-2-4-7-11)23-14(12)15-19-16(20-22-15)17(18)8-5-9-17/h2-4,6-7,10H,5,8-9,18H2,1H3. The highest BCUT2D eigenvalue weighted by Gasteiger charge is 2.39. The summed E-state index contributed by atoms with van der Waals surface area (Å²) >= 11 is 1.58. The van der Waals surface area contributed by atoms with Crippen LogP contribution in [0.4, 0.5) is 0 Å². The summed E-state index contributed by atoms with van der Waals surface area (Å²) in [5.74, 6) is 1.81. The Morgan fingerprint density at radius 3 is 2.70 bits per heavy atom. The van der Waals surface area contributed by atoms with E-state index in [1.165, 1.54) is 0 Å². The zero-order valence-electron chi connectivity index (χ0n) is 12.8. The molecule has 3 aromatic rings. The number of methoxy groups -OCH3 is 1. The Morgan fingerprint density at radius 1 is 1.26 bits per heavy atom. The van der Waals surface area contributed by atoms with Crippen LogP contribution in [0.15, 0.2) is 40.9 Å². The second-order valence-electron chi connectivity index (χ2n) is 5.81. The van der Waals surface area contributed by atoms with Crippen molar-refractivity contribution < 1.29 is 9.26 Å². The summed E-state index contributed by atoms with van der Waals surface area (Å²) in [4.78, 5) is 6.46. The third-order valence-corrected chi connectivity index (χ3v) is 5.44. The maximum absolute atomic E-state index is 6.27. The summed E-state index contributed by atoms with van der Waals surface area (Å²) in [5, 5.41) is 4.08. The van der Waals surface area contributed by atoms with Crippen LogP contribution in [0.25, 0.3) is 21.2 Å². The average Bonchev–Trinajstić information content (AvgIpc) is 3.20. The van der Waals surface area contributed by atoms with Crippen LogP contribution in [0.3, 0.4) is 0 Å². The van der Waals surface area contributed by atoms with E-state index in [0.717, 1.165) is 40.3 Å². The van der Waals surface area contributed by atoms with Crippen LogP contribution < -0.4 is 10.5 Å². The molecule has 1 saturated carbocycles. The number of hydrogen-bond acceptors (Lipinski definition) is 6. The Labute approximate surface area is 138 Å². The van der Waals surface area contributed by atoms with E-state index in [2.05, 4.69) is 22.3 Å². The van der Waals surface area contributed by atoms with Crippen molar-refractivity contribution in [2.75, 3.05) is 7.11 Å². The molecule has 5 nitrogen and oxygen atoms in total. The monoisotopic (exact) mass is 327 g/mol. The molecule has 2 N–H and O–H groups in total. The lowest BCUT2D eigenvalue weighted by molar-refractivity contribution is 0.229. The lowest BCUT2D eigenvalue weighted by atomic mass is 9.77. The zero-order chi connectivity index (χ0) is 15.9. The molecule has 23 heavy (non-hydrogen) atoms. The lowest BCUT2D eigenvalue weighted by Crippen LogP contribution is -2.44. The van der Waals surface area contributed by atoms with Crippen molar-refractivity contribution in [3.8, 4) is 27.0 Å². The molecule has 0 saturated heterocycles. The van der Waals surface area contributed by atoms with E-state index < -0.39 is 5.54 Å². The molecule has 0 radical (unpaired) electrons. The van der Waals surface area contributed by atoms with Crippen molar-refractivity contribution in [2.45, 2.75) is 24.8 Å². The lowest BCUT2D eigenvalue weighted by Gasteiger charge is -2.34. The number of aromatic nitrogens is 2. The molecule has 0 aliphatic heterocycles. The van der Waals surface area contributed by atoms with Gasteiger partial charge in [-0.25, -0.2) is 0 Å². The predicted molar refractivity (Wildman–Crippen MR) is 89.3 cm³/mol. The number of ether oxygens (including phenoxy) is 1. The fourth-order valence-electron chi connectivity index (χ4n) is 2.72. The number of thiophene rings is 1. The minimum absolute atomic E-state index is 0.422. The second kappa shape index (κ2) is 5.47. The molecule has 1 aliphatic carbocycles. The highest BCUT2D eigenvalue weighted by Crippen LogP contribution is 2.43. The van der Waals surface area contributed by atoms with E-state index in [-0.39, 0.29) is 0 Å². The summed E-state index contributed by atoms with van der Waals surface area (Å²) in [5.41, 5.74) is 6.98. The average molecular weight is 327 g/mol. The molecule has 2 heterocycles. The largest absolute Gasteiger partial charge is 0.495 e. The summed E-state index contributed by atoms with van der Waals surface area (Å²) in [6.07, 6.45) is 2.92. The number of nitrogens with two attached hydrogens (primary N) is 1. The first-order valence-corrected chi connectivity index (χ1v) is 8.38. The Hall–Kier alpha value is -2.18. The smallest absolute Gasteiger partial charge is 0.271 e. The topological polar surface area (TPSA) is 74.2 Å². The van der Waals surface area contributed by atoms with E-state index in [1.807, 2.05) is 24.3 Å². The van der Waals surface area contributed by atoms with Gasteiger partial charge < -0.3 is 15.0 Å². The van der Waals surface area contributed by atoms with Crippen molar-refractivity contribution in [1.29, 1.82) is 0 Å². The molecule has 1 aliphatic rings. The van der Waals surface area contributed by atoms with Gasteiger partial charge in [-0.1, -0.05) is 35.5 Å². The molecule has 0 atom stereocenters. The van der Waals surface area contributed by atoms with Gasteiger partial charge in [-0.3, -0.25) is 0 Å². The minimum Gasteiger partial charge on any atom is -0.495 e. The number of hydrogen-bond donors (Lipinski definition) is 1. The molecule has 1 aromatic carbocycles. The quantitative estimate of drug-likeness (QED) is 0.788. The zero-order valence-corrected chi connectivity index (χ0v) is 13.6. The summed E-state index contributed by atoms with van der Waals surface area (Å²) in [6.45, 7) is 0.